The lowest BCUT2D eigenvalue weighted by molar-refractivity contribution is 0.744. The van der Waals surface area contributed by atoms with Crippen LogP contribution >= 0.6 is 0 Å². The summed E-state index contributed by atoms with van der Waals surface area (Å²) < 4.78 is 0. The molecule has 0 atom stereocenters. The third kappa shape index (κ3) is 3.08. The predicted molar refractivity (Wildman–Crippen MR) is 111 cm³/mol. The van der Waals surface area contributed by atoms with Crippen LogP contribution in [0, 0.1) is 0 Å². The first-order valence-corrected chi connectivity index (χ1v) is 9.64. The highest BCUT2D eigenvalue weighted by Gasteiger charge is 2.18. The molecule has 27 heavy (non-hydrogen) atoms. The maximum absolute atomic E-state index is 4.87. The van der Waals surface area contributed by atoms with Crippen LogP contribution < -0.4 is 5.32 Å². The average molecular weight is 354 g/mol. The molecule has 0 aliphatic heterocycles. The Morgan fingerprint density at radius 3 is 2.52 bits per heavy atom. The number of hydrogen-bond acceptors (Lipinski definition) is 3. The number of H-pyrrole nitrogens is 1. The lowest BCUT2D eigenvalue weighted by Crippen LogP contribution is -2.16. The van der Waals surface area contributed by atoms with Gasteiger partial charge < -0.3 is 10.3 Å². The van der Waals surface area contributed by atoms with Crippen molar-refractivity contribution in [3.63, 3.8) is 0 Å². The Morgan fingerprint density at radius 1 is 0.889 bits per heavy atom. The molecule has 1 saturated carbocycles. The lowest BCUT2D eigenvalue weighted by atomic mass is 10.0. The highest BCUT2D eigenvalue weighted by Crippen LogP contribution is 2.37. The van der Waals surface area contributed by atoms with Crippen LogP contribution in [0.2, 0.25) is 0 Å². The molecule has 0 amide bonds. The Hall–Kier alpha value is -3.14. The summed E-state index contributed by atoms with van der Waals surface area (Å²) >= 11 is 0. The molecule has 4 nitrogen and oxygen atoms in total. The molecule has 4 aromatic rings. The van der Waals surface area contributed by atoms with Crippen LogP contribution in [0.3, 0.4) is 0 Å². The van der Waals surface area contributed by atoms with Crippen molar-refractivity contribution in [3.8, 4) is 22.5 Å². The number of fused-ring (bicyclic) bond motifs is 1. The average Bonchev–Trinajstić information content (AvgIpc) is 3.36. The van der Waals surface area contributed by atoms with Crippen molar-refractivity contribution in [1.29, 1.82) is 0 Å². The van der Waals surface area contributed by atoms with Crippen LogP contribution in [0.5, 0.6) is 0 Å². The van der Waals surface area contributed by atoms with E-state index in [2.05, 4.69) is 63.8 Å². The van der Waals surface area contributed by atoms with Gasteiger partial charge in [-0.05, 0) is 30.5 Å². The fraction of sp³-hybridized carbons (Fsp3) is 0.217. The second kappa shape index (κ2) is 6.88. The van der Waals surface area contributed by atoms with E-state index in [9.17, 15) is 0 Å². The first-order chi connectivity index (χ1) is 13.4. The molecule has 2 aromatic heterocycles. The minimum absolute atomic E-state index is 0.497. The van der Waals surface area contributed by atoms with E-state index in [-0.39, 0.29) is 0 Å². The van der Waals surface area contributed by atoms with Crippen molar-refractivity contribution in [2.24, 2.45) is 0 Å². The summed E-state index contributed by atoms with van der Waals surface area (Å²) in [6, 6.07) is 21.3. The van der Waals surface area contributed by atoms with E-state index < -0.39 is 0 Å². The number of anilines is 1. The summed E-state index contributed by atoms with van der Waals surface area (Å²) in [5.41, 5.74) is 5.46. The largest absolute Gasteiger partial charge is 0.354 e. The fourth-order valence-corrected chi connectivity index (χ4v) is 4.05. The SMILES string of the molecule is c1ccc(-c2[nH]c3ccccc3c2-c2ccnc(NC3CCCC3)n2)cc1. The summed E-state index contributed by atoms with van der Waals surface area (Å²) in [7, 11) is 0. The molecule has 2 aromatic carbocycles. The second-order valence-corrected chi connectivity index (χ2v) is 7.18. The number of nitrogens with one attached hydrogen (secondary N) is 2. The van der Waals surface area contributed by atoms with E-state index in [4.69, 9.17) is 4.98 Å². The van der Waals surface area contributed by atoms with Crippen LogP contribution in [0.4, 0.5) is 5.95 Å². The number of nitrogens with zero attached hydrogens (tertiary/aromatic N) is 2. The van der Waals surface area contributed by atoms with Gasteiger partial charge >= 0.3 is 0 Å². The van der Waals surface area contributed by atoms with Crippen LogP contribution in [0.1, 0.15) is 25.7 Å². The molecule has 5 rings (SSSR count). The molecule has 1 fully saturated rings. The van der Waals surface area contributed by atoms with Gasteiger partial charge in [-0.1, -0.05) is 61.4 Å². The standard InChI is InChI=1S/C23H22N4/c1-2-8-16(9-3-1)22-21(18-12-6-7-13-19(18)26-22)20-14-15-24-23(27-20)25-17-10-4-5-11-17/h1-3,6-9,12-15,17,26H,4-5,10-11H2,(H,24,25,27). The van der Waals surface area contributed by atoms with Crippen LogP contribution in [-0.4, -0.2) is 21.0 Å². The molecule has 0 unspecified atom stereocenters. The lowest BCUT2D eigenvalue weighted by Gasteiger charge is -2.12. The summed E-state index contributed by atoms with van der Waals surface area (Å²) in [4.78, 5) is 12.9. The number of para-hydroxylation sites is 1. The molecular formula is C23H22N4. The first kappa shape index (κ1) is 16.1. The molecule has 1 aliphatic carbocycles. The molecule has 2 heterocycles. The Labute approximate surface area is 158 Å². The van der Waals surface area contributed by atoms with Crippen molar-refractivity contribution < 1.29 is 0 Å². The van der Waals surface area contributed by atoms with Crippen LogP contribution in [-0.2, 0) is 0 Å². The van der Waals surface area contributed by atoms with E-state index >= 15 is 0 Å². The fourth-order valence-electron chi connectivity index (χ4n) is 4.05. The Bertz CT molecular complexity index is 1060. The van der Waals surface area contributed by atoms with Gasteiger partial charge in [-0.15, -0.1) is 0 Å². The minimum atomic E-state index is 0.497. The molecule has 0 spiro atoms. The van der Waals surface area contributed by atoms with E-state index in [1.807, 2.05) is 18.3 Å². The molecular weight excluding hydrogens is 332 g/mol. The van der Waals surface area contributed by atoms with Gasteiger partial charge in [0.15, 0.2) is 0 Å². The van der Waals surface area contributed by atoms with Crippen molar-refractivity contribution in [1.82, 2.24) is 15.0 Å². The van der Waals surface area contributed by atoms with E-state index in [0.29, 0.717) is 6.04 Å². The van der Waals surface area contributed by atoms with Gasteiger partial charge in [-0.3, -0.25) is 0 Å². The molecule has 2 N–H and O–H groups in total. The van der Waals surface area contributed by atoms with Crippen molar-refractivity contribution in [3.05, 3.63) is 66.9 Å². The van der Waals surface area contributed by atoms with Gasteiger partial charge in [0.25, 0.3) is 0 Å². The van der Waals surface area contributed by atoms with Gasteiger partial charge in [0.2, 0.25) is 5.95 Å². The van der Waals surface area contributed by atoms with E-state index in [0.717, 1.165) is 34.0 Å². The Kier molecular flexibility index (Phi) is 4.09. The number of hydrogen-bond donors (Lipinski definition) is 2. The zero-order chi connectivity index (χ0) is 18.1. The molecule has 0 saturated heterocycles. The smallest absolute Gasteiger partial charge is 0.223 e. The number of rotatable bonds is 4. The van der Waals surface area contributed by atoms with Gasteiger partial charge in [0.1, 0.15) is 0 Å². The van der Waals surface area contributed by atoms with Gasteiger partial charge in [-0.2, -0.15) is 0 Å². The maximum atomic E-state index is 4.87. The topological polar surface area (TPSA) is 53.6 Å². The highest BCUT2D eigenvalue weighted by atomic mass is 15.1. The normalized spacial score (nSPS) is 14.7. The summed E-state index contributed by atoms with van der Waals surface area (Å²) in [5.74, 6) is 0.726. The number of benzene rings is 2. The van der Waals surface area contributed by atoms with Crippen molar-refractivity contribution in [2.75, 3.05) is 5.32 Å². The minimum Gasteiger partial charge on any atom is -0.354 e. The first-order valence-electron chi connectivity index (χ1n) is 9.64. The second-order valence-electron chi connectivity index (χ2n) is 7.18. The highest BCUT2D eigenvalue weighted by molar-refractivity contribution is 6.03. The van der Waals surface area contributed by atoms with Crippen molar-refractivity contribution in [2.45, 2.75) is 31.7 Å². The van der Waals surface area contributed by atoms with Gasteiger partial charge in [0.05, 0.1) is 11.4 Å². The zero-order valence-corrected chi connectivity index (χ0v) is 15.2. The van der Waals surface area contributed by atoms with Gasteiger partial charge in [-0.25, -0.2) is 9.97 Å². The summed E-state index contributed by atoms with van der Waals surface area (Å²) in [5, 5.41) is 4.70. The summed E-state index contributed by atoms with van der Waals surface area (Å²) in [6.45, 7) is 0. The third-order valence-corrected chi connectivity index (χ3v) is 5.37. The number of aromatic nitrogens is 3. The Balaban J connectivity index is 1.64. The van der Waals surface area contributed by atoms with Gasteiger partial charge in [0, 0.05) is 28.7 Å². The number of aromatic amines is 1. The monoisotopic (exact) mass is 354 g/mol. The zero-order valence-electron chi connectivity index (χ0n) is 15.2. The molecule has 0 bridgehead atoms. The van der Waals surface area contributed by atoms with E-state index in [1.54, 1.807) is 0 Å². The molecule has 134 valence electrons. The van der Waals surface area contributed by atoms with Crippen LogP contribution in [0.25, 0.3) is 33.4 Å². The third-order valence-electron chi connectivity index (χ3n) is 5.37. The molecule has 0 radical (unpaired) electrons. The predicted octanol–water partition coefficient (Wildman–Crippen LogP) is 5.65. The molecule has 1 aliphatic rings. The Morgan fingerprint density at radius 2 is 1.67 bits per heavy atom. The van der Waals surface area contributed by atoms with E-state index in [1.165, 1.54) is 31.1 Å². The quantitative estimate of drug-likeness (QED) is 0.498. The molecule has 4 heteroatoms. The maximum Gasteiger partial charge on any atom is 0.223 e. The van der Waals surface area contributed by atoms with Crippen molar-refractivity contribution >= 4 is 16.9 Å². The summed E-state index contributed by atoms with van der Waals surface area (Å²) in [6.07, 6.45) is 6.85. The van der Waals surface area contributed by atoms with Crippen LogP contribution in [0.15, 0.2) is 66.9 Å².